The molecule has 0 saturated heterocycles. The van der Waals surface area contributed by atoms with E-state index < -0.39 is 0 Å². The molecule has 1 N–H and O–H groups in total. The molecule has 0 aliphatic carbocycles. The summed E-state index contributed by atoms with van der Waals surface area (Å²) in [6, 6.07) is 8.41. The Kier molecular flexibility index (Phi) is 4.42. The zero-order valence-corrected chi connectivity index (χ0v) is 15.1. The van der Waals surface area contributed by atoms with Crippen LogP contribution in [0.5, 0.6) is 0 Å². The van der Waals surface area contributed by atoms with Crippen LogP contribution in [0.25, 0.3) is 11.3 Å². The Morgan fingerprint density at radius 1 is 1.31 bits per heavy atom. The first-order valence-corrected chi connectivity index (χ1v) is 9.23. The van der Waals surface area contributed by atoms with Crippen molar-refractivity contribution in [2.75, 3.05) is 11.4 Å². The van der Waals surface area contributed by atoms with Crippen LogP contribution in [-0.2, 0) is 24.4 Å². The third-order valence-corrected chi connectivity index (χ3v) is 5.17. The molecule has 0 unspecified atom stereocenters. The van der Waals surface area contributed by atoms with E-state index in [0.717, 1.165) is 47.4 Å². The quantitative estimate of drug-likeness (QED) is 0.766. The van der Waals surface area contributed by atoms with Crippen molar-refractivity contribution < 1.29 is 9.18 Å². The van der Waals surface area contributed by atoms with Crippen molar-refractivity contribution in [1.82, 2.24) is 20.1 Å². The van der Waals surface area contributed by atoms with Crippen molar-refractivity contribution in [3.05, 3.63) is 52.9 Å². The molecule has 0 bridgehead atoms. The smallest absolute Gasteiger partial charge is 0.217 e. The first kappa shape index (κ1) is 16.7. The highest BCUT2D eigenvalue weighted by molar-refractivity contribution is 7.14. The lowest BCUT2D eigenvalue weighted by molar-refractivity contribution is -0.119. The van der Waals surface area contributed by atoms with Crippen LogP contribution in [0.1, 0.15) is 18.3 Å². The van der Waals surface area contributed by atoms with Crippen molar-refractivity contribution >= 4 is 22.4 Å². The predicted octanol–water partition coefficient (Wildman–Crippen LogP) is 2.80. The fraction of sp³-hybridized carbons (Fsp3) is 0.278. The van der Waals surface area contributed by atoms with Gasteiger partial charge < -0.3 is 10.2 Å². The molecule has 3 aromatic rings. The van der Waals surface area contributed by atoms with Crippen LogP contribution in [0, 0.1) is 5.82 Å². The summed E-state index contributed by atoms with van der Waals surface area (Å²) in [6.07, 6.45) is 0. The fourth-order valence-corrected chi connectivity index (χ4v) is 3.82. The monoisotopic (exact) mass is 371 g/mol. The topological polar surface area (TPSA) is 63.1 Å². The maximum Gasteiger partial charge on any atom is 0.217 e. The molecular formula is C18H18FN5OS. The van der Waals surface area contributed by atoms with Gasteiger partial charge in [-0.15, -0.1) is 11.3 Å². The second kappa shape index (κ2) is 6.87. The molecule has 0 atom stereocenters. The Balaban J connectivity index is 1.48. The van der Waals surface area contributed by atoms with Gasteiger partial charge in [0.25, 0.3) is 0 Å². The summed E-state index contributed by atoms with van der Waals surface area (Å²) in [5, 5.41) is 10.2. The van der Waals surface area contributed by atoms with E-state index in [9.17, 15) is 9.18 Å². The van der Waals surface area contributed by atoms with Crippen LogP contribution in [0.3, 0.4) is 0 Å². The standard InChI is InChI=1S/C18H18FN5OS/c1-12(25)20-9-15-8-16-10-23(6-7-24(16)22-15)18-21-17(11-26-18)13-2-4-14(19)5-3-13/h2-5,8,11H,6-7,9-10H2,1H3,(H,20,25). The van der Waals surface area contributed by atoms with Crippen LogP contribution in [-0.4, -0.2) is 27.2 Å². The number of amides is 1. The van der Waals surface area contributed by atoms with Crippen LogP contribution in [0.15, 0.2) is 35.7 Å². The van der Waals surface area contributed by atoms with Gasteiger partial charge in [-0.2, -0.15) is 5.10 Å². The molecule has 1 amide bonds. The SMILES string of the molecule is CC(=O)NCc1cc2n(n1)CCN(c1nc(-c3ccc(F)cc3)cs1)C2. The largest absolute Gasteiger partial charge is 0.351 e. The molecule has 8 heteroatoms. The highest BCUT2D eigenvalue weighted by Gasteiger charge is 2.21. The van der Waals surface area contributed by atoms with Gasteiger partial charge in [-0.1, -0.05) is 0 Å². The van der Waals surface area contributed by atoms with E-state index in [1.807, 2.05) is 16.1 Å². The number of carbonyl (C=O) groups excluding carboxylic acids is 1. The third kappa shape index (κ3) is 3.45. The molecule has 1 aliphatic rings. The zero-order chi connectivity index (χ0) is 18.1. The number of fused-ring (bicyclic) bond motifs is 1. The number of hydrogen-bond donors (Lipinski definition) is 1. The summed E-state index contributed by atoms with van der Waals surface area (Å²) in [5.74, 6) is -0.308. The molecular weight excluding hydrogens is 353 g/mol. The number of carbonyl (C=O) groups is 1. The Labute approximate surface area is 154 Å². The Morgan fingerprint density at radius 2 is 2.12 bits per heavy atom. The first-order chi connectivity index (χ1) is 12.6. The number of thiazole rings is 1. The fourth-order valence-electron chi connectivity index (χ4n) is 2.95. The van der Waals surface area contributed by atoms with Gasteiger partial charge in [-0.05, 0) is 30.3 Å². The van der Waals surface area contributed by atoms with Gasteiger partial charge in [0.2, 0.25) is 5.91 Å². The average Bonchev–Trinajstić information content (AvgIpc) is 3.26. The van der Waals surface area contributed by atoms with Gasteiger partial charge in [0.1, 0.15) is 5.82 Å². The second-order valence-electron chi connectivity index (χ2n) is 6.20. The summed E-state index contributed by atoms with van der Waals surface area (Å²) >= 11 is 1.59. The van der Waals surface area contributed by atoms with Crippen LogP contribution in [0.4, 0.5) is 9.52 Å². The highest BCUT2D eigenvalue weighted by Crippen LogP contribution is 2.29. The highest BCUT2D eigenvalue weighted by atomic mass is 32.1. The zero-order valence-electron chi connectivity index (χ0n) is 14.3. The van der Waals surface area contributed by atoms with Gasteiger partial charge in [0, 0.05) is 24.4 Å². The number of benzene rings is 1. The van der Waals surface area contributed by atoms with E-state index in [2.05, 4.69) is 15.3 Å². The molecule has 0 radical (unpaired) electrons. The lowest BCUT2D eigenvalue weighted by Crippen LogP contribution is -2.33. The van der Waals surface area contributed by atoms with E-state index in [0.29, 0.717) is 6.54 Å². The van der Waals surface area contributed by atoms with Crippen LogP contribution in [0.2, 0.25) is 0 Å². The van der Waals surface area contributed by atoms with E-state index in [-0.39, 0.29) is 11.7 Å². The second-order valence-corrected chi connectivity index (χ2v) is 7.04. The van der Waals surface area contributed by atoms with Crippen LogP contribution < -0.4 is 10.2 Å². The van der Waals surface area contributed by atoms with Gasteiger partial charge in [0.15, 0.2) is 5.13 Å². The number of hydrogen-bond acceptors (Lipinski definition) is 5. The minimum Gasteiger partial charge on any atom is -0.351 e. The number of halogens is 1. The van der Waals surface area contributed by atoms with Gasteiger partial charge in [0.05, 0.1) is 36.7 Å². The van der Waals surface area contributed by atoms with Gasteiger partial charge in [-0.3, -0.25) is 9.48 Å². The van der Waals surface area contributed by atoms with Gasteiger partial charge >= 0.3 is 0 Å². The minimum atomic E-state index is -0.247. The maximum atomic E-state index is 13.1. The van der Waals surface area contributed by atoms with E-state index in [1.54, 1.807) is 23.5 Å². The Bertz CT molecular complexity index is 933. The van der Waals surface area contributed by atoms with E-state index in [1.165, 1.54) is 19.1 Å². The summed E-state index contributed by atoms with van der Waals surface area (Å²) in [7, 11) is 0. The molecule has 2 aromatic heterocycles. The van der Waals surface area contributed by atoms with E-state index in [4.69, 9.17) is 4.98 Å². The third-order valence-electron chi connectivity index (χ3n) is 4.27. The maximum absolute atomic E-state index is 13.1. The molecule has 0 fully saturated rings. The number of nitrogens with one attached hydrogen (secondary N) is 1. The molecule has 1 aliphatic heterocycles. The Hall–Kier alpha value is -2.74. The predicted molar refractivity (Wildman–Crippen MR) is 98.3 cm³/mol. The van der Waals surface area contributed by atoms with Crippen molar-refractivity contribution in [3.63, 3.8) is 0 Å². The summed E-state index contributed by atoms with van der Waals surface area (Å²) < 4.78 is 15.1. The van der Waals surface area contributed by atoms with Crippen molar-refractivity contribution in [2.24, 2.45) is 0 Å². The molecule has 0 spiro atoms. The summed E-state index contributed by atoms with van der Waals surface area (Å²) in [5.41, 5.74) is 3.74. The summed E-state index contributed by atoms with van der Waals surface area (Å²) in [6.45, 7) is 4.27. The number of rotatable bonds is 4. The molecule has 26 heavy (non-hydrogen) atoms. The van der Waals surface area contributed by atoms with Crippen molar-refractivity contribution in [1.29, 1.82) is 0 Å². The number of anilines is 1. The molecule has 0 saturated carbocycles. The lowest BCUT2D eigenvalue weighted by atomic mass is 10.2. The van der Waals surface area contributed by atoms with Crippen LogP contribution >= 0.6 is 11.3 Å². The number of nitrogens with zero attached hydrogens (tertiary/aromatic N) is 4. The van der Waals surface area contributed by atoms with E-state index >= 15 is 0 Å². The minimum absolute atomic E-state index is 0.0614. The van der Waals surface area contributed by atoms with Gasteiger partial charge in [-0.25, -0.2) is 9.37 Å². The van der Waals surface area contributed by atoms with Crippen molar-refractivity contribution in [2.45, 2.75) is 26.6 Å². The molecule has 3 heterocycles. The molecule has 4 rings (SSSR count). The number of aromatic nitrogens is 3. The Morgan fingerprint density at radius 3 is 2.88 bits per heavy atom. The first-order valence-electron chi connectivity index (χ1n) is 8.35. The van der Waals surface area contributed by atoms with Crippen molar-refractivity contribution in [3.8, 4) is 11.3 Å². The lowest BCUT2D eigenvalue weighted by Gasteiger charge is -2.27. The molecule has 134 valence electrons. The average molecular weight is 371 g/mol. The molecule has 6 nitrogen and oxygen atoms in total. The summed E-state index contributed by atoms with van der Waals surface area (Å²) in [4.78, 5) is 18.0. The normalized spacial score (nSPS) is 13.5. The molecule has 1 aromatic carbocycles.